The Morgan fingerprint density at radius 3 is 2.55 bits per heavy atom. The van der Waals surface area contributed by atoms with Gasteiger partial charge in [0, 0.05) is 9.65 Å². The fraction of sp³-hybridized carbons (Fsp3) is 0.593. The lowest BCUT2D eigenvalue weighted by Crippen LogP contribution is -2.43. The van der Waals surface area contributed by atoms with Gasteiger partial charge in [-0.2, -0.15) is 0 Å². The molecular weight excluding hydrogens is 548 g/mol. The van der Waals surface area contributed by atoms with Crippen LogP contribution in [0, 0.1) is 11.3 Å². The molecule has 3 rings (SSSR count). The van der Waals surface area contributed by atoms with Crippen LogP contribution in [0.15, 0.2) is 42.0 Å². The molecule has 0 radical (unpaired) electrons. The number of carbonyl (C=O) groups excluding carboxylic acids is 1. The molecule has 182 valence electrons. The van der Waals surface area contributed by atoms with E-state index in [0.717, 1.165) is 30.4 Å². The SMILES string of the molecule is C=C(C)[C@@H]1CCC(C)(O)[C@H](Br)CC[C@@]2(C)[C@H](Cc3cc(ccc3O)C(=O)O1)C(C)=CC[C@@H]2Br. The largest absolute Gasteiger partial charge is 0.508 e. The minimum atomic E-state index is -0.955. The lowest BCUT2D eigenvalue weighted by atomic mass is 9.62. The highest BCUT2D eigenvalue weighted by Gasteiger charge is 2.44. The molecule has 1 unspecified atom stereocenters. The second-order valence-electron chi connectivity index (χ2n) is 10.4. The lowest BCUT2D eigenvalue weighted by Gasteiger charge is -2.46. The number of halogens is 2. The molecule has 1 aromatic carbocycles. The first-order valence-electron chi connectivity index (χ1n) is 11.7. The van der Waals surface area contributed by atoms with Gasteiger partial charge in [0.1, 0.15) is 11.9 Å². The van der Waals surface area contributed by atoms with Crippen molar-refractivity contribution in [3.05, 3.63) is 53.1 Å². The fourth-order valence-corrected chi connectivity index (χ4v) is 6.38. The number of aliphatic hydroxyl groups is 1. The van der Waals surface area contributed by atoms with Crippen LogP contribution in [-0.2, 0) is 11.2 Å². The average molecular weight is 584 g/mol. The van der Waals surface area contributed by atoms with E-state index in [1.807, 2.05) is 13.8 Å². The van der Waals surface area contributed by atoms with Crippen molar-refractivity contribution in [1.29, 1.82) is 0 Å². The fourth-order valence-electron chi connectivity index (χ4n) is 5.19. The number of hydrogen-bond acceptors (Lipinski definition) is 4. The summed E-state index contributed by atoms with van der Waals surface area (Å²) in [5.74, 6) is -0.0580. The third-order valence-electron chi connectivity index (χ3n) is 7.77. The average Bonchev–Trinajstić information content (AvgIpc) is 2.75. The predicted octanol–water partition coefficient (Wildman–Crippen LogP) is 6.86. The summed E-state index contributed by atoms with van der Waals surface area (Å²) >= 11 is 7.71. The van der Waals surface area contributed by atoms with E-state index in [1.54, 1.807) is 18.2 Å². The van der Waals surface area contributed by atoms with Crippen LogP contribution in [0.25, 0.3) is 0 Å². The first-order valence-corrected chi connectivity index (χ1v) is 13.5. The topological polar surface area (TPSA) is 66.8 Å². The van der Waals surface area contributed by atoms with Crippen molar-refractivity contribution in [3.63, 3.8) is 0 Å². The van der Waals surface area contributed by atoms with Gasteiger partial charge >= 0.3 is 5.97 Å². The monoisotopic (exact) mass is 582 g/mol. The van der Waals surface area contributed by atoms with Crippen LogP contribution >= 0.6 is 31.9 Å². The van der Waals surface area contributed by atoms with Crippen molar-refractivity contribution >= 4 is 37.8 Å². The Hall–Kier alpha value is -1.11. The molecule has 0 aromatic heterocycles. The number of carbonyl (C=O) groups is 1. The Labute approximate surface area is 214 Å². The minimum Gasteiger partial charge on any atom is -0.508 e. The summed E-state index contributed by atoms with van der Waals surface area (Å²) in [4.78, 5) is 13.2. The van der Waals surface area contributed by atoms with E-state index >= 15 is 0 Å². The molecule has 6 heteroatoms. The zero-order valence-corrected chi connectivity index (χ0v) is 23.2. The van der Waals surface area contributed by atoms with E-state index in [4.69, 9.17) is 4.74 Å². The summed E-state index contributed by atoms with van der Waals surface area (Å²) < 4.78 is 5.79. The Balaban J connectivity index is 2.06. The molecule has 6 atom stereocenters. The highest BCUT2D eigenvalue weighted by Crippen LogP contribution is 2.51. The normalized spacial score (nSPS) is 36.0. The number of ether oxygens (including phenoxy) is 1. The van der Waals surface area contributed by atoms with E-state index in [2.05, 4.69) is 58.4 Å². The molecule has 0 saturated carbocycles. The third kappa shape index (κ3) is 5.76. The summed E-state index contributed by atoms with van der Waals surface area (Å²) in [5, 5.41) is 21.9. The van der Waals surface area contributed by atoms with E-state index in [-0.39, 0.29) is 26.7 Å². The second kappa shape index (κ2) is 10.2. The van der Waals surface area contributed by atoms with E-state index < -0.39 is 17.7 Å². The van der Waals surface area contributed by atoms with Gasteiger partial charge in [0.2, 0.25) is 0 Å². The molecule has 0 fully saturated rings. The van der Waals surface area contributed by atoms with Crippen molar-refractivity contribution in [3.8, 4) is 5.75 Å². The smallest absolute Gasteiger partial charge is 0.338 e. The molecule has 1 heterocycles. The van der Waals surface area contributed by atoms with Gasteiger partial charge in [-0.3, -0.25) is 0 Å². The highest BCUT2D eigenvalue weighted by atomic mass is 79.9. The number of esters is 1. The lowest BCUT2D eigenvalue weighted by molar-refractivity contribution is 0.0134. The van der Waals surface area contributed by atoms with Gasteiger partial charge in [0.05, 0.1) is 11.2 Å². The number of cyclic esters (lactones) is 1. The molecule has 2 N–H and O–H groups in total. The minimum absolute atomic E-state index is 0.0791. The number of phenolic OH excluding ortho intramolecular Hbond substituents is 1. The molecule has 2 aliphatic rings. The molecule has 2 bridgehead atoms. The summed E-state index contributed by atoms with van der Waals surface area (Å²) in [6, 6.07) is 4.96. The van der Waals surface area contributed by atoms with Crippen LogP contribution in [0.4, 0.5) is 0 Å². The van der Waals surface area contributed by atoms with E-state index in [9.17, 15) is 15.0 Å². The van der Waals surface area contributed by atoms with Gasteiger partial charge in [-0.15, -0.1) is 0 Å². The van der Waals surface area contributed by atoms with Crippen LogP contribution in [0.2, 0.25) is 0 Å². The van der Waals surface area contributed by atoms with Gasteiger partial charge in [-0.1, -0.05) is 57.0 Å². The van der Waals surface area contributed by atoms with Gasteiger partial charge < -0.3 is 14.9 Å². The van der Waals surface area contributed by atoms with Gasteiger partial charge in [-0.25, -0.2) is 4.79 Å². The Bertz CT molecular complexity index is 938. The summed E-state index contributed by atoms with van der Waals surface area (Å²) in [7, 11) is 0. The van der Waals surface area contributed by atoms with Crippen molar-refractivity contribution in [2.45, 2.75) is 87.6 Å². The first kappa shape index (κ1) is 26.5. The van der Waals surface area contributed by atoms with Crippen LogP contribution in [0.1, 0.15) is 75.7 Å². The number of aromatic hydroxyl groups is 1. The third-order valence-corrected chi connectivity index (χ3v) is 10.6. The van der Waals surface area contributed by atoms with Crippen LogP contribution in [-0.4, -0.2) is 37.5 Å². The van der Waals surface area contributed by atoms with Crippen molar-refractivity contribution in [2.75, 3.05) is 0 Å². The summed E-state index contributed by atoms with van der Waals surface area (Å²) in [6.45, 7) is 12.1. The Kier molecular flexibility index (Phi) is 8.23. The number of benzene rings is 1. The number of alkyl halides is 2. The number of allylic oxidation sites excluding steroid dienone is 2. The van der Waals surface area contributed by atoms with Crippen LogP contribution < -0.4 is 0 Å². The second-order valence-corrected chi connectivity index (χ2v) is 12.6. The van der Waals surface area contributed by atoms with Gasteiger partial charge in [0.25, 0.3) is 0 Å². The zero-order valence-electron chi connectivity index (χ0n) is 20.0. The van der Waals surface area contributed by atoms with Crippen molar-refractivity contribution in [2.24, 2.45) is 11.3 Å². The Morgan fingerprint density at radius 1 is 1.18 bits per heavy atom. The summed E-state index contributed by atoms with van der Waals surface area (Å²) in [6.07, 6.45) is 6.04. The quantitative estimate of drug-likeness (QED) is 0.215. The highest BCUT2D eigenvalue weighted by molar-refractivity contribution is 9.09. The number of hydrogen-bond donors (Lipinski definition) is 2. The number of fused-ring (bicyclic) bond motifs is 3. The maximum Gasteiger partial charge on any atom is 0.338 e. The molecule has 0 amide bonds. The Morgan fingerprint density at radius 2 is 1.88 bits per heavy atom. The van der Waals surface area contributed by atoms with Crippen LogP contribution in [0.5, 0.6) is 5.75 Å². The maximum absolute atomic E-state index is 13.0. The predicted molar refractivity (Wildman–Crippen MR) is 140 cm³/mol. The van der Waals surface area contributed by atoms with Gasteiger partial charge in [0.15, 0.2) is 0 Å². The van der Waals surface area contributed by atoms with Crippen molar-refractivity contribution in [1.82, 2.24) is 0 Å². The molecule has 1 aliphatic heterocycles. The molecule has 0 spiro atoms. The number of phenols is 1. The van der Waals surface area contributed by atoms with E-state index in [1.165, 1.54) is 5.57 Å². The van der Waals surface area contributed by atoms with Gasteiger partial charge in [-0.05, 0) is 100.0 Å². The molecule has 0 saturated heterocycles. The van der Waals surface area contributed by atoms with Crippen molar-refractivity contribution < 1.29 is 19.7 Å². The number of rotatable bonds is 1. The van der Waals surface area contributed by atoms with E-state index in [0.29, 0.717) is 24.8 Å². The molecule has 33 heavy (non-hydrogen) atoms. The maximum atomic E-state index is 13.0. The summed E-state index contributed by atoms with van der Waals surface area (Å²) in [5.41, 5.74) is 2.18. The molecule has 1 aliphatic carbocycles. The standard InChI is InChI=1S/C27H36Br2O4/c1-16(2)22-10-13-27(5,32)24(29)11-12-26(4)20(17(3)6-9-23(26)28)15-19-14-18(25(31)33-22)7-8-21(19)30/h6-8,14,20,22-24,30,32H,1,9-13,15H2,2-5H3/t20-,22+,23+,24-,26+,27?/m1/s1. The zero-order chi connectivity index (χ0) is 24.6. The molecule has 4 nitrogen and oxygen atoms in total. The first-order chi connectivity index (χ1) is 15.3. The molecule has 1 aromatic rings. The molecular formula is C27H36Br2O4. The van der Waals surface area contributed by atoms with Crippen LogP contribution in [0.3, 0.4) is 0 Å².